The summed E-state index contributed by atoms with van der Waals surface area (Å²) in [4.78, 5) is 10.2. The van der Waals surface area contributed by atoms with Crippen LogP contribution in [0.25, 0.3) is 0 Å². The van der Waals surface area contributed by atoms with Crippen molar-refractivity contribution in [3.05, 3.63) is 25.5 Å². The van der Waals surface area contributed by atoms with Gasteiger partial charge in [0.05, 0.1) is 31.2 Å². The molecule has 0 unspecified atom stereocenters. The standard InChI is InChI=1S/C6H7NO2.C5H7NO/c1-2-6(8)9-5-3-4-7;1-2-7-5-3-4-6/h2H,1,3,5H2;2H,1,3,5H2. The third-order valence-electron chi connectivity index (χ3n) is 1.07. The second kappa shape index (κ2) is 15.2. The Morgan fingerprint density at radius 3 is 2.19 bits per heavy atom. The maximum absolute atomic E-state index is 10.2. The molecule has 0 spiro atoms. The molecule has 0 saturated heterocycles. The molecule has 0 amide bonds. The van der Waals surface area contributed by atoms with Crippen LogP contribution in [0.3, 0.4) is 0 Å². The van der Waals surface area contributed by atoms with Crippen LogP contribution in [0.4, 0.5) is 0 Å². The smallest absolute Gasteiger partial charge is 0.330 e. The van der Waals surface area contributed by atoms with Gasteiger partial charge in [-0.1, -0.05) is 13.2 Å². The number of ether oxygens (including phenoxy) is 2. The fourth-order valence-electron chi connectivity index (χ4n) is 0.444. The molecule has 5 nitrogen and oxygen atoms in total. The molecular formula is C11H14N2O3. The Morgan fingerprint density at radius 2 is 1.75 bits per heavy atom. The van der Waals surface area contributed by atoms with Crippen molar-refractivity contribution in [3.8, 4) is 12.1 Å². The monoisotopic (exact) mass is 222 g/mol. The van der Waals surface area contributed by atoms with Crippen molar-refractivity contribution in [2.24, 2.45) is 0 Å². The lowest BCUT2D eigenvalue weighted by Gasteiger charge is -1.93. The van der Waals surface area contributed by atoms with Crippen molar-refractivity contribution in [3.63, 3.8) is 0 Å². The zero-order valence-electron chi connectivity index (χ0n) is 9.02. The maximum atomic E-state index is 10.2. The van der Waals surface area contributed by atoms with E-state index in [1.54, 1.807) is 0 Å². The van der Waals surface area contributed by atoms with E-state index in [2.05, 4.69) is 22.6 Å². The minimum absolute atomic E-state index is 0.154. The first-order valence-electron chi connectivity index (χ1n) is 4.48. The first kappa shape index (κ1) is 16.2. The molecule has 0 aliphatic carbocycles. The van der Waals surface area contributed by atoms with Crippen LogP contribution in [0.1, 0.15) is 12.8 Å². The number of nitrogens with zero attached hydrogens (tertiary/aromatic N) is 2. The van der Waals surface area contributed by atoms with Crippen molar-refractivity contribution in [2.45, 2.75) is 12.8 Å². The highest BCUT2D eigenvalue weighted by Crippen LogP contribution is 1.81. The van der Waals surface area contributed by atoms with Crippen LogP contribution in [-0.4, -0.2) is 19.2 Å². The van der Waals surface area contributed by atoms with Gasteiger partial charge in [0, 0.05) is 6.08 Å². The molecule has 0 heterocycles. The van der Waals surface area contributed by atoms with Crippen LogP contribution >= 0.6 is 0 Å². The fourth-order valence-corrected chi connectivity index (χ4v) is 0.444. The van der Waals surface area contributed by atoms with E-state index in [1.807, 2.05) is 12.1 Å². The van der Waals surface area contributed by atoms with Crippen LogP contribution in [0.2, 0.25) is 0 Å². The summed E-state index contributed by atoms with van der Waals surface area (Å²) >= 11 is 0. The predicted molar refractivity (Wildman–Crippen MR) is 57.8 cm³/mol. The average molecular weight is 222 g/mol. The van der Waals surface area contributed by atoms with Gasteiger partial charge >= 0.3 is 5.97 Å². The Hall–Kier alpha value is -2.27. The molecule has 0 radical (unpaired) electrons. The maximum Gasteiger partial charge on any atom is 0.330 e. The zero-order chi connectivity index (χ0) is 12.6. The van der Waals surface area contributed by atoms with Crippen molar-refractivity contribution in [1.82, 2.24) is 0 Å². The summed E-state index contributed by atoms with van der Waals surface area (Å²) < 4.78 is 9.07. The molecule has 5 heteroatoms. The van der Waals surface area contributed by atoms with Crippen LogP contribution in [0, 0.1) is 22.7 Å². The molecule has 16 heavy (non-hydrogen) atoms. The van der Waals surface area contributed by atoms with Gasteiger partial charge in [-0.2, -0.15) is 10.5 Å². The number of carbonyl (C=O) groups is 1. The van der Waals surface area contributed by atoms with E-state index >= 15 is 0 Å². The second-order valence-electron chi connectivity index (χ2n) is 2.23. The fraction of sp³-hybridized carbons (Fsp3) is 0.364. The summed E-state index contributed by atoms with van der Waals surface area (Å²) in [7, 11) is 0. The minimum atomic E-state index is -0.481. The molecule has 86 valence electrons. The molecule has 0 aromatic carbocycles. The van der Waals surface area contributed by atoms with Crippen molar-refractivity contribution in [1.29, 1.82) is 10.5 Å². The highest BCUT2D eigenvalue weighted by atomic mass is 16.5. The highest BCUT2D eigenvalue weighted by molar-refractivity contribution is 5.81. The van der Waals surface area contributed by atoms with Gasteiger partial charge in [-0.05, 0) is 0 Å². The first-order chi connectivity index (χ1) is 7.72. The molecule has 0 rings (SSSR count). The molecule has 0 bridgehead atoms. The number of hydrogen-bond donors (Lipinski definition) is 0. The van der Waals surface area contributed by atoms with Gasteiger partial charge < -0.3 is 9.47 Å². The number of nitriles is 2. The highest BCUT2D eigenvalue weighted by Gasteiger charge is 1.91. The van der Waals surface area contributed by atoms with E-state index in [0.29, 0.717) is 13.0 Å². The molecule has 0 atom stereocenters. The van der Waals surface area contributed by atoms with Crippen molar-refractivity contribution in [2.75, 3.05) is 13.2 Å². The summed E-state index contributed by atoms with van der Waals surface area (Å²) in [6, 6.07) is 3.77. The van der Waals surface area contributed by atoms with Crippen molar-refractivity contribution >= 4 is 5.97 Å². The van der Waals surface area contributed by atoms with E-state index in [0.717, 1.165) is 6.08 Å². The molecule has 0 fully saturated rings. The van der Waals surface area contributed by atoms with Crippen LogP contribution in [0.5, 0.6) is 0 Å². The van der Waals surface area contributed by atoms with Gasteiger partial charge in [0.1, 0.15) is 13.2 Å². The second-order valence-corrected chi connectivity index (χ2v) is 2.23. The van der Waals surface area contributed by atoms with E-state index in [1.165, 1.54) is 6.26 Å². The van der Waals surface area contributed by atoms with Gasteiger partial charge in [0.25, 0.3) is 0 Å². The summed E-state index contributed by atoms with van der Waals surface area (Å²) in [5.74, 6) is -0.481. The van der Waals surface area contributed by atoms with E-state index in [-0.39, 0.29) is 13.0 Å². The molecule has 0 aromatic rings. The van der Waals surface area contributed by atoms with Gasteiger partial charge in [0.2, 0.25) is 0 Å². The Morgan fingerprint density at radius 1 is 1.19 bits per heavy atom. The SMILES string of the molecule is C=CC(=O)OCCC#N.C=COCCC#N. The lowest BCUT2D eigenvalue weighted by molar-refractivity contribution is -0.137. The Balaban J connectivity index is 0. The quantitative estimate of drug-likeness (QED) is 0.295. The minimum Gasteiger partial charge on any atom is -0.501 e. The molecule has 0 N–H and O–H groups in total. The lowest BCUT2D eigenvalue weighted by atomic mass is 10.5. The van der Waals surface area contributed by atoms with Crippen LogP contribution in [-0.2, 0) is 14.3 Å². The van der Waals surface area contributed by atoms with E-state index in [4.69, 9.17) is 10.5 Å². The zero-order valence-corrected chi connectivity index (χ0v) is 9.02. The molecule has 0 aromatic heterocycles. The van der Waals surface area contributed by atoms with E-state index in [9.17, 15) is 4.79 Å². The van der Waals surface area contributed by atoms with Gasteiger partial charge in [-0.15, -0.1) is 0 Å². The molecular weight excluding hydrogens is 208 g/mol. The van der Waals surface area contributed by atoms with Crippen LogP contribution < -0.4 is 0 Å². The number of carbonyl (C=O) groups excluding carboxylic acids is 1. The van der Waals surface area contributed by atoms with Gasteiger partial charge in [0.15, 0.2) is 0 Å². The topological polar surface area (TPSA) is 83.1 Å². The third-order valence-corrected chi connectivity index (χ3v) is 1.07. The summed E-state index contributed by atoms with van der Waals surface area (Å²) in [6.45, 7) is 7.10. The third kappa shape index (κ3) is 17.7. The normalized spacial score (nSPS) is 7.12. The van der Waals surface area contributed by atoms with Crippen molar-refractivity contribution < 1.29 is 14.3 Å². The number of esters is 1. The Bertz CT molecular complexity index is 287. The Labute approximate surface area is 95.2 Å². The number of rotatable bonds is 6. The van der Waals surface area contributed by atoms with E-state index < -0.39 is 5.97 Å². The Kier molecular flexibility index (Phi) is 15.4. The molecule has 0 saturated carbocycles. The number of hydrogen-bond acceptors (Lipinski definition) is 5. The lowest BCUT2D eigenvalue weighted by Crippen LogP contribution is -2.00. The largest absolute Gasteiger partial charge is 0.501 e. The average Bonchev–Trinajstić information content (AvgIpc) is 2.31. The predicted octanol–water partition coefficient (Wildman–Crippen LogP) is 1.69. The van der Waals surface area contributed by atoms with Gasteiger partial charge in [-0.3, -0.25) is 0 Å². The summed E-state index contributed by atoms with van der Waals surface area (Å²) in [5, 5.41) is 15.9. The van der Waals surface area contributed by atoms with Crippen LogP contribution in [0.15, 0.2) is 25.5 Å². The van der Waals surface area contributed by atoms with Gasteiger partial charge in [-0.25, -0.2) is 4.79 Å². The molecule has 0 aliphatic rings. The summed E-state index contributed by atoms with van der Waals surface area (Å²) in [5.41, 5.74) is 0. The first-order valence-corrected chi connectivity index (χ1v) is 4.48. The molecule has 0 aliphatic heterocycles. The summed E-state index contributed by atoms with van der Waals surface area (Å²) in [6.07, 6.45) is 3.07.